The van der Waals surface area contributed by atoms with Crippen LogP contribution < -0.4 is 5.32 Å². The molecule has 0 unspecified atom stereocenters. The standard InChI is InChI=1S/C17H26N4/c1-2-7-18-13-15-14-21(12-11-20-9-3-4-10-20)17-16(15)6-5-8-19-17/h5-6,8,14,18H,2-4,7,9-13H2,1H3. The van der Waals surface area contributed by atoms with E-state index in [4.69, 9.17) is 0 Å². The number of nitrogens with zero attached hydrogens (tertiary/aromatic N) is 3. The molecule has 0 atom stereocenters. The van der Waals surface area contributed by atoms with Gasteiger partial charge in [0.2, 0.25) is 0 Å². The van der Waals surface area contributed by atoms with E-state index in [0.717, 1.165) is 31.8 Å². The second-order valence-corrected chi connectivity index (χ2v) is 5.95. The Bertz CT molecular complexity index is 569. The first-order valence-corrected chi connectivity index (χ1v) is 8.24. The van der Waals surface area contributed by atoms with Crippen molar-refractivity contribution >= 4 is 11.0 Å². The van der Waals surface area contributed by atoms with Crippen LogP contribution in [0.5, 0.6) is 0 Å². The number of hydrogen-bond acceptors (Lipinski definition) is 3. The average molecular weight is 286 g/mol. The van der Waals surface area contributed by atoms with Gasteiger partial charge >= 0.3 is 0 Å². The highest BCUT2D eigenvalue weighted by Crippen LogP contribution is 2.19. The summed E-state index contributed by atoms with van der Waals surface area (Å²) in [5, 5.41) is 4.80. The molecule has 4 heteroatoms. The first kappa shape index (κ1) is 14.5. The Labute approximate surface area is 127 Å². The van der Waals surface area contributed by atoms with Crippen LogP contribution in [0.2, 0.25) is 0 Å². The van der Waals surface area contributed by atoms with Crippen molar-refractivity contribution in [2.45, 2.75) is 39.3 Å². The molecule has 114 valence electrons. The van der Waals surface area contributed by atoms with E-state index in [1.807, 2.05) is 12.3 Å². The van der Waals surface area contributed by atoms with Gasteiger partial charge in [0.15, 0.2) is 0 Å². The molecule has 1 fully saturated rings. The predicted octanol–water partition coefficient (Wildman–Crippen LogP) is 2.63. The lowest BCUT2D eigenvalue weighted by molar-refractivity contribution is 0.324. The van der Waals surface area contributed by atoms with Gasteiger partial charge < -0.3 is 14.8 Å². The van der Waals surface area contributed by atoms with Gasteiger partial charge in [0.25, 0.3) is 0 Å². The molecule has 0 saturated carbocycles. The van der Waals surface area contributed by atoms with Gasteiger partial charge in [-0.1, -0.05) is 6.92 Å². The second kappa shape index (κ2) is 7.05. The lowest BCUT2D eigenvalue weighted by Gasteiger charge is -2.15. The smallest absolute Gasteiger partial charge is 0.140 e. The number of pyridine rings is 1. The summed E-state index contributed by atoms with van der Waals surface area (Å²) in [5.41, 5.74) is 2.50. The van der Waals surface area contributed by atoms with Gasteiger partial charge in [0.05, 0.1) is 0 Å². The van der Waals surface area contributed by atoms with Gasteiger partial charge in [0.1, 0.15) is 5.65 Å². The molecule has 0 bridgehead atoms. The third-order valence-electron chi connectivity index (χ3n) is 4.31. The predicted molar refractivity (Wildman–Crippen MR) is 87.4 cm³/mol. The molecular weight excluding hydrogens is 260 g/mol. The summed E-state index contributed by atoms with van der Waals surface area (Å²) in [7, 11) is 0. The SMILES string of the molecule is CCCNCc1cn(CCN2CCCC2)c2ncccc12. The summed E-state index contributed by atoms with van der Waals surface area (Å²) in [6.45, 7) is 8.92. The van der Waals surface area contributed by atoms with Gasteiger partial charge in [-0.05, 0) is 56.6 Å². The van der Waals surface area contributed by atoms with Crippen molar-refractivity contribution in [3.05, 3.63) is 30.1 Å². The summed E-state index contributed by atoms with van der Waals surface area (Å²) in [6, 6.07) is 4.23. The van der Waals surface area contributed by atoms with Gasteiger partial charge in [-0.15, -0.1) is 0 Å². The molecule has 1 N–H and O–H groups in total. The third-order valence-corrected chi connectivity index (χ3v) is 4.31. The maximum absolute atomic E-state index is 4.59. The number of nitrogens with one attached hydrogen (secondary N) is 1. The first-order valence-electron chi connectivity index (χ1n) is 8.24. The van der Waals surface area contributed by atoms with Crippen molar-refractivity contribution in [3.8, 4) is 0 Å². The van der Waals surface area contributed by atoms with Crippen molar-refractivity contribution in [2.24, 2.45) is 0 Å². The normalized spacial score (nSPS) is 16.0. The molecule has 1 aliphatic heterocycles. The van der Waals surface area contributed by atoms with E-state index in [1.54, 1.807) is 0 Å². The largest absolute Gasteiger partial charge is 0.331 e. The Hall–Kier alpha value is -1.39. The number of fused-ring (bicyclic) bond motifs is 1. The van der Waals surface area contributed by atoms with E-state index in [0.29, 0.717) is 0 Å². The van der Waals surface area contributed by atoms with Crippen molar-refractivity contribution in [1.82, 2.24) is 19.8 Å². The van der Waals surface area contributed by atoms with Crippen molar-refractivity contribution < 1.29 is 0 Å². The van der Waals surface area contributed by atoms with Crippen LogP contribution in [0.1, 0.15) is 31.7 Å². The zero-order chi connectivity index (χ0) is 14.5. The van der Waals surface area contributed by atoms with Crippen LogP contribution in [0.15, 0.2) is 24.5 Å². The van der Waals surface area contributed by atoms with Crippen LogP contribution in [0.3, 0.4) is 0 Å². The molecule has 0 aliphatic carbocycles. The molecule has 0 aromatic carbocycles. The topological polar surface area (TPSA) is 33.1 Å². The number of rotatable bonds is 7. The number of hydrogen-bond donors (Lipinski definition) is 1. The summed E-state index contributed by atoms with van der Waals surface area (Å²) >= 11 is 0. The zero-order valence-corrected chi connectivity index (χ0v) is 13.0. The number of likely N-dealkylation sites (tertiary alicyclic amines) is 1. The fourth-order valence-corrected chi connectivity index (χ4v) is 3.16. The molecule has 1 saturated heterocycles. The zero-order valence-electron chi connectivity index (χ0n) is 13.0. The monoisotopic (exact) mass is 286 g/mol. The lowest BCUT2D eigenvalue weighted by Crippen LogP contribution is -2.23. The molecule has 0 amide bonds. The highest BCUT2D eigenvalue weighted by molar-refractivity contribution is 5.80. The maximum Gasteiger partial charge on any atom is 0.140 e. The quantitative estimate of drug-likeness (QED) is 0.794. The second-order valence-electron chi connectivity index (χ2n) is 5.95. The Balaban J connectivity index is 1.74. The minimum atomic E-state index is 0.937. The van der Waals surface area contributed by atoms with Crippen LogP contribution in [-0.4, -0.2) is 40.6 Å². The molecule has 3 rings (SSSR count). The molecule has 0 spiro atoms. The maximum atomic E-state index is 4.59. The van der Waals surface area contributed by atoms with E-state index in [2.05, 4.69) is 39.0 Å². The Morgan fingerprint density at radius 1 is 1.24 bits per heavy atom. The number of aromatic nitrogens is 2. The first-order chi connectivity index (χ1) is 10.4. The fraction of sp³-hybridized carbons (Fsp3) is 0.588. The van der Waals surface area contributed by atoms with Crippen LogP contribution in [0.25, 0.3) is 11.0 Å². The van der Waals surface area contributed by atoms with E-state index in [-0.39, 0.29) is 0 Å². The molecule has 21 heavy (non-hydrogen) atoms. The van der Waals surface area contributed by atoms with Gasteiger partial charge in [0, 0.05) is 37.4 Å². The lowest BCUT2D eigenvalue weighted by atomic mass is 10.2. The third kappa shape index (κ3) is 3.44. The molecule has 1 aliphatic rings. The molecule has 2 aromatic rings. The minimum Gasteiger partial charge on any atom is -0.331 e. The van der Waals surface area contributed by atoms with Gasteiger partial charge in [-0.3, -0.25) is 0 Å². The van der Waals surface area contributed by atoms with E-state index >= 15 is 0 Å². The minimum absolute atomic E-state index is 0.937. The van der Waals surface area contributed by atoms with E-state index in [1.165, 1.54) is 43.3 Å². The van der Waals surface area contributed by atoms with Crippen LogP contribution in [0, 0.1) is 0 Å². The molecular formula is C17H26N4. The highest BCUT2D eigenvalue weighted by atomic mass is 15.2. The van der Waals surface area contributed by atoms with Gasteiger partial charge in [-0.2, -0.15) is 0 Å². The Morgan fingerprint density at radius 2 is 2.10 bits per heavy atom. The summed E-state index contributed by atoms with van der Waals surface area (Å²) in [6.07, 6.45) is 8.08. The average Bonchev–Trinajstić information content (AvgIpc) is 3.14. The van der Waals surface area contributed by atoms with E-state index < -0.39 is 0 Å². The molecule has 3 heterocycles. The summed E-state index contributed by atoms with van der Waals surface area (Å²) < 4.78 is 2.33. The van der Waals surface area contributed by atoms with Gasteiger partial charge in [-0.25, -0.2) is 4.98 Å². The fourth-order valence-electron chi connectivity index (χ4n) is 3.16. The molecule has 4 nitrogen and oxygen atoms in total. The summed E-state index contributed by atoms with van der Waals surface area (Å²) in [4.78, 5) is 7.15. The van der Waals surface area contributed by atoms with Crippen molar-refractivity contribution in [1.29, 1.82) is 0 Å². The Kier molecular flexibility index (Phi) is 4.88. The van der Waals surface area contributed by atoms with E-state index in [9.17, 15) is 0 Å². The van der Waals surface area contributed by atoms with Crippen LogP contribution >= 0.6 is 0 Å². The van der Waals surface area contributed by atoms with Crippen molar-refractivity contribution in [3.63, 3.8) is 0 Å². The Morgan fingerprint density at radius 3 is 2.90 bits per heavy atom. The van der Waals surface area contributed by atoms with Crippen molar-refractivity contribution in [2.75, 3.05) is 26.2 Å². The summed E-state index contributed by atoms with van der Waals surface area (Å²) in [5.74, 6) is 0. The van der Waals surface area contributed by atoms with Crippen LogP contribution in [0.4, 0.5) is 0 Å². The van der Waals surface area contributed by atoms with Crippen LogP contribution in [-0.2, 0) is 13.1 Å². The highest BCUT2D eigenvalue weighted by Gasteiger charge is 2.13. The molecule has 0 radical (unpaired) electrons. The molecule has 2 aromatic heterocycles.